The predicted molar refractivity (Wildman–Crippen MR) is 114 cm³/mol. The molecule has 0 N–H and O–H groups in total. The summed E-state index contributed by atoms with van der Waals surface area (Å²) < 4.78 is 11.1. The molecule has 1 spiro atoms. The van der Waals surface area contributed by atoms with E-state index in [1.54, 1.807) is 0 Å². The van der Waals surface area contributed by atoms with Crippen LogP contribution in [0.5, 0.6) is 0 Å². The zero-order chi connectivity index (χ0) is 20.6. The molecule has 0 radical (unpaired) electrons. The zero-order valence-electron chi connectivity index (χ0n) is 19.3. The molecule has 0 heterocycles. The van der Waals surface area contributed by atoms with Crippen molar-refractivity contribution >= 4 is 5.97 Å². The molecule has 29 heavy (non-hydrogen) atoms. The molecule has 0 saturated heterocycles. The van der Waals surface area contributed by atoms with E-state index in [-0.39, 0.29) is 5.97 Å². The summed E-state index contributed by atoms with van der Waals surface area (Å²) in [5, 5.41) is 0. The van der Waals surface area contributed by atoms with Crippen molar-refractivity contribution in [3.63, 3.8) is 0 Å². The molecule has 3 heteroatoms. The van der Waals surface area contributed by atoms with Crippen LogP contribution in [0.1, 0.15) is 85.0 Å². The molecule has 3 nitrogen and oxygen atoms in total. The molecule has 0 aromatic heterocycles. The molecule has 5 saturated carbocycles. The van der Waals surface area contributed by atoms with Gasteiger partial charge in [-0.15, -0.1) is 0 Å². The van der Waals surface area contributed by atoms with Crippen molar-refractivity contribution in [2.24, 2.45) is 51.8 Å². The Hall–Kier alpha value is -0.570. The zero-order valence-corrected chi connectivity index (χ0v) is 19.3. The van der Waals surface area contributed by atoms with Crippen molar-refractivity contribution < 1.29 is 14.3 Å². The highest BCUT2D eigenvalue weighted by atomic mass is 16.5. The monoisotopic (exact) mass is 402 g/mol. The fraction of sp³-hybridized carbons (Fsp3) is 0.962. The number of carbonyl (C=O) groups is 1. The molecule has 5 rings (SSSR count). The van der Waals surface area contributed by atoms with Crippen LogP contribution < -0.4 is 0 Å². The molecule has 0 aromatic rings. The summed E-state index contributed by atoms with van der Waals surface area (Å²) in [6.07, 6.45) is 13.3. The Morgan fingerprint density at radius 3 is 2.55 bits per heavy atom. The van der Waals surface area contributed by atoms with Crippen molar-refractivity contribution in [2.75, 3.05) is 14.2 Å². The van der Waals surface area contributed by atoms with Gasteiger partial charge in [0.1, 0.15) is 0 Å². The van der Waals surface area contributed by atoms with E-state index in [0.29, 0.717) is 34.7 Å². The van der Waals surface area contributed by atoms with Crippen molar-refractivity contribution in [1.82, 2.24) is 0 Å². The first-order valence-corrected chi connectivity index (χ1v) is 12.4. The lowest BCUT2D eigenvalue weighted by atomic mass is 9.45. The van der Waals surface area contributed by atoms with Gasteiger partial charge in [-0.3, -0.25) is 4.79 Å². The summed E-state index contributed by atoms with van der Waals surface area (Å²) in [5.41, 5.74) is 1.51. The molecule has 5 aliphatic rings. The lowest BCUT2D eigenvalue weighted by molar-refractivity contribution is -0.161. The van der Waals surface area contributed by atoms with Gasteiger partial charge in [0.2, 0.25) is 0 Å². The molecule has 5 aliphatic carbocycles. The second-order valence-electron chi connectivity index (χ2n) is 12.1. The Kier molecular flexibility index (Phi) is 4.71. The number of ether oxygens (including phenoxy) is 2. The van der Waals surface area contributed by atoms with Gasteiger partial charge in [0.25, 0.3) is 0 Å². The summed E-state index contributed by atoms with van der Waals surface area (Å²) in [7, 11) is 3.50. The summed E-state index contributed by atoms with van der Waals surface area (Å²) in [6.45, 7) is 7.68. The van der Waals surface area contributed by atoms with Gasteiger partial charge in [0.15, 0.2) is 0 Å². The van der Waals surface area contributed by atoms with Gasteiger partial charge < -0.3 is 9.47 Å². The summed E-state index contributed by atoms with van der Waals surface area (Å²) >= 11 is 0. The quantitative estimate of drug-likeness (QED) is 0.540. The maximum Gasteiger partial charge on any atom is 0.305 e. The van der Waals surface area contributed by atoms with Crippen LogP contribution in [0, 0.1) is 51.8 Å². The van der Waals surface area contributed by atoms with Gasteiger partial charge in [0.05, 0.1) is 13.2 Å². The van der Waals surface area contributed by atoms with E-state index in [4.69, 9.17) is 9.47 Å². The molecule has 164 valence electrons. The Bertz CT molecular complexity index is 675. The largest absolute Gasteiger partial charge is 0.469 e. The fourth-order valence-corrected chi connectivity index (χ4v) is 10.2. The normalized spacial score (nSPS) is 53.4. The van der Waals surface area contributed by atoms with Gasteiger partial charge in [-0.2, -0.15) is 0 Å². The van der Waals surface area contributed by atoms with Gasteiger partial charge in [-0.1, -0.05) is 20.8 Å². The number of esters is 1. The fourth-order valence-electron chi connectivity index (χ4n) is 10.2. The first-order chi connectivity index (χ1) is 13.8. The van der Waals surface area contributed by atoms with Gasteiger partial charge in [-0.05, 0) is 104 Å². The molecule has 0 aliphatic heterocycles. The van der Waals surface area contributed by atoms with E-state index >= 15 is 0 Å². The minimum atomic E-state index is -0.0473. The highest BCUT2D eigenvalue weighted by Crippen LogP contribution is 2.82. The van der Waals surface area contributed by atoms with E-state index in [1.807, 2.05) is 7.11 Å². The second kappa shape index (κ2) is 6.71. The smallest absolute Gasteiger partial charge is 0.305 e. The number of rotatable bonds is 5. The van der Waals surface area contributed by atoms with Crippen LogP contribution in [0.2, 0.25) is 0 Å². The van der Waals surface area contributed by atoms with Crippen LogP contribution in [0.25, 0.3) is 0 Å². The maximum atomic E-state index is 11.7. The second-order valence-corrected chi connectivity index (χ2v) is 12.1. The van der Waals surface area contributed by atoms with Crippen molar-refractivity contribution in [3.8, 4) is 0 Å². The predicted octanol–water partition coefficient (Wildman–Crippen LogP) is 5.86. The molecule has 0 aromatic carbocycles. The molecule has 5 fully saturated rings. The summed E-state index contributed by atoms with van der Waals surface area (Å²) in [5.74, 6) is 4.92. The third kappa shape index (κ3) is 2.55. The third-order valence-corrected chi connectivity index (χ3v) is 11.6. The van der Waals surface area contributed by atoms with Gasteiger partial charge >= 0.3 is 5.97 Å². The van der Waals surface area contributed by atoms with Crippen LogP contribution in [0.15, 0.2) is 0 Å². The third-order valence-electron chi connectivity index (χ3n) is 11.6. The van der Waals surface area contributed by atoms with E-state index in [2.05, 4.69) is 20.8 Å². The number of hydrogen-bond acceptors (Lipinski definition) is 3. The Labute approximate surface area is 177 Å². The maximum absolute atomic E-state index is 11.7. The van der Waals surface area contributed by atoms with Crippen molar-refractivity contribution in [3.05, 3.63) is 0 Å². The number of carbonyl (C=O) groups excluding carboxylic acids is 1. The lowest BCUT2D eigenvalue weighted by Crippen LogP contribution is -2.57. The van der Waals surface area contributed by atoms with Crippen LogP contribution >= 0.6 is 0 Å². The van der Waals surface area contributed by atoms with Gasteiger partial charge in [-0.25, -0.2) is 0 Å². The lowest BCUT2D eigenvalue weighted by Gasteiger charge is -2.61. The SMILES string of the molecule is COC(=O)CC[C@@H](C)[C@H]1CC[C@H]2[C@@H]3C[C@@H](OC)[C@]45C[C@@H]4CC[C@]5(C)[C@H]3CC[C@]12C. The van der Waals surface area contributed by atoms with Crippen molar-refractivity contribution in [2.45, 2.75) is 91.1 Å². The molecule has 0 amide bonds. The average Bonchev–Trinajstić information content (AvgIpc) is 3.22. The Morgan fingerprint density at radius 2 is 1.86 bits per heavy atom. The van der Waals surface area contributed by atoms with E-state index in [1.165, 1.54) is 58.5 Å². The number of hydrogen-bond donors (Lipinski definition) is 0. The summed E-state index contributed by atoms with van der Waals surface area (Å²) in [6, 6.07) is 0. The molecule has 0 unspecified atom stereocenters. The van der Waals surface area contributed by atoms with Crippen LogP contribution in [-0.4, -0.2) is 26.3 Å². The minimum absolute atomic E-state index is 0.0473. The van der Waals surface area contributed by atoms with Gasteiger partial charge in [0, 0.05) is 18.9 Å². The van der Waals surface area contributed by atoms with Crippen LogP contribution in [0.3, 0.4) is 0 Å². The first kappa shape index (κ1) is 20.3. The standard InChI is InChI=1S/C26H42O3/c1-16(6-9-23(27)29-5)19-7-8-20-18-14-22(28-4)26-15-17(26)10-13-25(26,3)21(18)11-12-24(19,20)2/h16-22H,6-15H2,1-5H3/t16-,17+,18+,19-,20+,21+,22-,24-,25-,26+/m1/s1. The van der Waals surface area contributed by atoms with Crippen LogP contribution in [-0.2, 0) is 14.3 Å². The van der Waals surface area contributed by atoms with E-state index in [9.17, 15) is 4.79 Å². The summed E-state index contributed by atoms with van der Waals surface area (Å²) in [4.78, 5) is 11.7. The number of fused-ring (bicyclic) bond motifs is 4. The minimum Gasteiger partial charge on any atom is -0.469 e. The molecular weight excluding hydrogens is 360 g/mol. The van der Waals surface area contributed by atoms with Crippen molar-refractivity contribution in [1.29, 1.82) is 0 Å². The molecule has 10 atom stereocenters. The molecule has 0 bridgehead atoms. The van der Waals surface area contributed by atoms with E-state index < -0.39 is 0 Å². The molecular formula is C26H42O3. The Balaban J connectivity index is 1.37. The first-order valence-electron chi connectivity index (χ1n) is 12.4. The number of methoxy groups -OCH3 is 2. The highest BCUT2D eigenvalue weighted by molar-refractivity contribution is 5.69. The van der Waals surface area contributed by atoms with E-state index in [0.717, 1.165) is 36.0 Å². The Morgan fingerprint density at radius 1 is 1.07 bits per heavy atom. The topological polar surface area (TPSA) is 35.5 Å². The van der Waals surface area contributed by atoms with Crippen LogP contribution in [0.4, 0.5) is 0 Å². The average molecular weight is 403 g/mol. The highest BCUT2D eigenvalue weighted by Gasteiger charge is 2.77.